The second kappa shape index (κ2) is 1.74. The molecule has 1 aliphatic carbocycles. The van der Waals surface area contributed by atoms with Crippen molar-refractivity contribution in [3.05, 3.63) is 0 Å². The fourth-order valence-electron chi connectivity index (χ4n) is 2.30. The van der Waals surface area contributed by atoms with Crippen LogP contribution in [0.15, 0.2) is 0 Å². The Labute approximate surface area is 61.2 Å². The quantitative estimate of drug-likeness (QED) is 0.542. The average Bonchev–Trinajstić information content (AvgIpc) is 2.31. The molecule has 0 amide bonds. The van der Waals surface area contributed by atoms with Crippen molar-refractivity contribution in [2.75, 3.05) is 6.61 Å². The minimum absolute atomic E-state index is 0.0150. The van der Waals surface area contributed by atoms with E-state index < -0.39 is 0 Å². The van der Waals surface area contributed by atoms with Gasteiger partial charge in [-0.3, -0.25) is 0 Å². The molecule has 1 saturated heterocycles. The minimum Gasteiger partial charge on any atom is -0.392 e. The van der Waals surface area contributed by atoms with Gasteiger partial charge in [0.15, 0.2) is 0 Å². The molecule has 58 valence electrons. The first-order chi connectivity index (χ1) is 4.64. The molecule has 2 fully saturated rings. The Morgan fingerprint density at radius 1 is 1.50 bits per heavy atom. The Balaban J connectivity index is 2.15. The maximum atomic E-state index is 9.57. The summed E-state index contributed by atoms with van der Waals surface area (Å²) in [6, 6.07) is 0. The van der Waals surface area contributed by atoms with Crippen molar-refractivity contribution in [1.29, 1.82) is 0 Å². The lowest BCUT2D eigenvalue weighted by molar-refractivity contribution is -0.181. The van der Waals surface area contributed by atoms with Crippen molar-refractivity contribution >= 4 is 0 Å². The Kier molecular flexibility index (Phi) is 1.15. The van der Waals surface area contributed by atoms with Gasteiger partial charge in [-0.15, -0.1) is 0 Å². The van der Waals surface area contributed by atoms with E-state index in [0.29, 0.717) is 12.0 Å². The number of fused-ring (bicyclic) bond motifs is 1. The molecule has 0 aromatic carbocycles. The zero-order valence-corrected chi connectivity index (χ0v) is 6.50. The van der Waals surface area contributed by atoms with E-state index in [1.807, 2.05) is 0 Å². The number of hydrogen-bond acceptors (Lipinski definition) is 2. The van der Waals surface area contributed by atoms with Gasteiger partial charge < -0.3 is 9.84 Å². The summed E-state index contributed by atoms with van der Waals surface area (Å²) in [5, 5.41) is 9.57. The van der Waals surface area contributed by atoms with Gasteiger partial charge in [0, 0.05) is 17.9 Å². The van der Waals surface area contributed by atoms with E-state index in [1.54, 1.807) is 0 Å². The van der Waals surface area contributed by atoms with E-state index in [-0.39, 0.29) is 11.5 Å². The first kappa shape index (κ1) is 6.62. The van der Waals surface area contributed by atoms with Crippen LogP contribution in [0.5, 0.6) is 0 Å². The highest BCUT2D eigenvalue weighted by Crippen LogP contribution is 2.51. The van der Waals surface area contributed by atoms with E-state index in [4.69, 9.17) is 4.74 Å². The molecule has 0 aromatic rings. The molecular weight excluding hydrogens is 128 g/mol. The maximum Gasteiger partial charge on any atom is 0.0704 e. The van der Waals surface area contributed by atoms with E-state index in [2.05, 4.69) is 13.8 Å². The zero-order chi connectivity index (χ0) is 7.35. The molecule has 2 heteroatoms. The predicted molar refractivity (Wildman–Crippen MR) is 37.6 cm³/mol. The number of aliphatic hydroxyl groups excluding tert-OH is 1. The minimum atomic E-state index is -0.125. The van der Waals surface area contributed by atoms with Crippen molar-refractivity contribution < 1.29 is 9.84 Å². The fraction of sp³-hybridized carbons (Fsp3) is 1.00. The highest BCUT2D eigenvalue weighted by molar-refractivity contribution is 5.07. The predicted octanol–water partition coefficient (Wildman–Crippen LogP) is 0.792. The van der Waals surface area contributed by atoms with Crippen LogP contribution in [0.2, 0.25) is 0 Å². The molecule has 0 unspecified atom stereocenters. The lowest BCUT2D eigenvalue weighted by atomic mass is 9.59. The molecule has 0 radical (unpaired) electrons. The summed E-state index contributed by atoms with van der Waals surface area (Å²) in [6.07, 6.45) is 1.26. The molecule has 10 heavy (non-hydrogen) atoms. The van der Waals surface area contributed by atoms with Crippen LogP contribution in [0, 0.1) is 11.3 Å². The first-order valence-corrected chi connectivity index (χ1v) is 3.93. The van der Waals surface area contributed by atoms with Crippen molar-refractivity contribution in [1.82, 2.24) is 0 Å². The molecule has 1 saturated carbocycles. The van der Waals surface area contributed by atoms with Crippen LogP contribution < -0.4 is 0 Å². The average molecular weight is 142 g/mol. The largest absolute Gasteiger partial charge is 0.392 e. The van der Waals surface area contributed by atoms with E-state index in [0.717, 1.165) is 13.0 Å². The van der Waals surface area contributed by atoms with Crippen LogP contribution in [-0.2, 0) is 4.74 Å². The molecule has 0 bridgehead atoms. The van der Waals surface area contributed by atoms with Crippen molar-refractivity contribution in [2.45, 2.75) is 32.5 Å². The Bertz CT molecular complexity index is 153. The van der Waals surface area contributed by atoms with E-state index in [9.17, 15) is 5.11 Å². The van der Waals surface area contributed by atoms with Crippen LogP contribution in [0.1, 0.15) is 20.3 Å². The third-order valence-corrected chi connectivity index (χ3v) is 3.04. The summed E-state index contributed by atoms with van der Waals surface area (Å²) in [5.74, 6) is 0.440. The molecule has 0 aromatic heterocycles. The van der Waals surface area contributed by atoms with Crippen molar-refractivity contribution in [3.8, 4) is 0 Å². The van der Waals surface area contributed by atoms with Gasteiger partial charge in [-0.1, -0.05) is 13.8 Å². The Morgan fingerprint density at radius 3 is 2.80 bits per heavy atom. The third-order valence-electron chi connectivity index (χ3n) is 3.04. The molecule has 0 spiro atoms. The number of rotatable bonds is 0. The third kappa shape index (κ3) is 0.565. The van der Waals surface area contributed by atoms with Gasteiger partial charge in [0.05, 0.1) is 12.2 Å². The second-order valence-corrected chi connectivity index (χ2v) is 4.01. The van der Waals surface area contributed by atoms with E-state index >= 15 is 0 Å². The number of hydrogen-bond donors (Lipinski definition) is 1. The highest BCUT2D eigenvalue weighted by Gasteiger charge is 2.58. The highest BCUT2D eigenvalue weighted by atomic mass is 16.5. The van der Waals surface area contributed by atoms with Crippen LogP contribution >= 0.6 is 0 Å². The fourth-order valence-corrected chi connectivity index (χ4v) is 2.30. The summed E-state index contributed by atoms with van der Waals surface area (Å²) in [5.41, 5.74) is 0.0150. The molecule has 2 rings (SSSR count). The number of aliphatic hydroxyl groups is 1. The molecule has 2 nitrogen and oxygen atoms in total. The topological polar surface area (TPSA) is 29.5 Å². The smallest absolute Gasteiger partial charge is 0.0704 e. The summed E-state index contributed by atoms with van der Waals surface area (Å²) >= 11 is 0. The van der Waals surface area contributed by atoms with Crippen LogP contribution in [0.3, 0.4) is 0 Å². The number of ether oxygens (including phenoxy) is 1. The molecule has 1 N–H and O–H groups in total. The standard InChI is InChI=1S/C8H14O2/c1-8(2)6(9)5-3-4-10-7(5)8/h5-7,9H,3-4H2,1-2H3/t5-,6-,7+/m0/s1. The summed E-state index contributed by atoms with van der Waals surface area (Å²) in [4.78, 5) is 0. The Morgan fingerprint density at radius 2 is 2.20 bits per heavy atom. The van der Waals surface area contributed by atoms with Gasteiger partial charge in [-0.2, -0.15) is 0 Å². The van der Waals surface area contributed by atoms with Gasteiger partial charge in [-0.25, -0.2) is 0 Å². The first-order valence-electron chi connectivity index (χ1n) is 3.93. The lowest BCUT2D eigenvalue weighted by Gasteiger charge is -2.51. The molecule has 2 aliphatic rings. The van der Waals surface area contributed by atoms with Crippen molar-refractivity contribution in [3.63, 3.8) is 0 Å². The summed E-state index contributed by atoms with van der Waals surface area (Å²) in [6.45, 7) is 4.99. The van der Waals surface area contributed by atoms with Gasteiger partial charge in [-0.05, 0) is 6.42 Å². The normalized spacial score (nSPS) is 50.1. The van der Waals surface area contributed by atoms with Crippen LogP contribution in [-0.4, -0.2) is 23.9 Å². The summed E-state index contributed by atoms with van der Waals surface area (Å²) in [7, 11) is 0. The van der Waals surface area contributed by atoms with Gasteiger partial charge >= 0.3 is 0 Å². The zero-order valence-electron chi connectivity index (χ0n) is 6.50. The van der Waals surface area contributed by atoms with Gasteiger partial charge in [0.2, 0.25) is 0 Å². The Hall–Kier alpha value is -0.0800. The van der Waals surface area contributed by atoms with Crippen LogP contribution in [0.4, 0.5) is 0 Å². The van der Waals surface area contributed by atoms with Gasteiger partial charge in [0.25, 0.3) is 0 Å². The van der Waals surface area contributed by atoms with Crippen LogP contribution in [0.25, 0.3) is 0 Å². The molecule has 1 heterocycles. The molecule has 1 aliphatic heterocycles. The maximum absolute atomic E-state index is 9.57. The SMILES string of the molecule is CC1(C)[C@@H]2OCC[C@H]2[C@@H]1O. The van der Waals surface area contributed by atoms with Crippen molar-refractivity contribution in [2.24, 2.45) is 11.3 Å². The monoisotopic (exact) mass is 142 g/mol. The van der Waals surface area contributed by atoms with E-state index in [1.165, 1.54) is 0 Å². The molecule has 3 atom stereocenters. The lowest BCUT2D eigenvalue weighted by Crippen LogP contribution is -2.59. The summed E-state index contributed by atoms with van der Waals surface area (Å²) < 4.78 is 5.48. The second-order valence-electron chi connectivity index (χ2n) is 4.01. The molecular formula is C8H14O2. The van der Waals surface area contributed by atoms with Gasteiger partial charge in [0.1, 0.15) is 0 Å².